The number of hydrogen-bond donors (Lipinski definition) is 3. The first-order valence-electron chi connectivity index (χ1n) is 31.5. The van der Waals surface area contributed by atoms with Crippen molar-refractivity contribution in [3.8, 4) is 0 Å². The number of hydrogen-bond acceptors (Lipinski definition) is 5. The number of carbonyl (C=O) groups is 1. The van der Waals surface area contributed by atoms with Gasteiger partial charge in [0.25, 0.3) is 0 Å². The SMILES string of the molecule is CC/C=C\C/C=C\C/C=C\C/C=C\C/C=C\C/C=C\CCCCCCCCCCCCCCCCC(=O)NC(COP(=O)(O)OCC[N+](C)(C)C)C(O)/C=C/CCCCCCCCCCCCCCCCCCCC. The molecule has 1 amide bonds. The molecule has 0 aromatic rings. The fourth-order valence-electron chi connectivity index (χ4n) is 8.99. The molecule has 0 aliphatic rings. The third-order valence-electron chi connectivity index (χ3n) is 13.9. The minimum atomic E-state index is -4.35. The van der Waals surface area contributed by atoms with Gasteiger partial charge in [-0.3, -0.25) is 13.8 Å². The van der Waals surface area contributed by atoms with Crippen LogP contribution < -0.4 is 5.32 Å². The Morgan fingerprint density at radius 1 is 0.467 bits per heavy atom. The summed E-state index contributed by atoms with van der Waals surface area (Å²) >= 11 is 0. The predicted molar refractivity (Wildman–Crippen MR) is 327 cm³/mol. The lowest BCUT2D eigenvalue weighted by Crippen LogP contribution is -2.45. The molecule has 0 bridgehead atoms. The number of phosphoric ester groups is 1. The van der Waals surface area contributed by atoms with Crippen molar-refractivity contribution < 1.29 is 32.9 Å². The summed E-state index contributed by atoms with van der Waals surface area (Å²) < 4.78 is 23.8. The van der Waals surface area contributed by atoms with Crippen LogP contribution in [0.2, 0.25) is 0 Å². The summed E-state index contributed by atoms with van der Waals surface area (Å²) in [5, 5.41) is 14.0. The van der Waals surface area contributed by atoms with Crippen LogP contribution in [0.1, 0.15) is 277 Å². The molecule has 75 heavy (non-hydrogen) atoms. The number of aliphatic hydroxyl groups is 1. The quantitative estimate of drug-likeness (QED) is 0.0243. The van der Waals surface area contributed by atoms with Gasteiger partial charge < -0.3 is 19.8 Å². The summed E-state index contributed by atoms with van der Waals surface area (Å²) in [6, 6.07) is -0.851. The zero-order chi connectivity index (χ0) is 54.9. The van der Waals surface area contributed by atoms with Crippen molar-refractivity contribution in [1.82, 2.24) is 5.32 Å². The molecular weight excluding hydrogens is 948 g/mol. The molecule has 0 fully saturated rings. The van der Waals surface area contributed by atoms with E-state index in [0.29, 0.717) is 17.4 Å². The van der Waals surface area contributed by atoms with Gasteiger partial charge in [0.1, 0.15) is 13.2 Å². The Hall–Kier alpha value is -2.32. The van der Waals surface area contributed by atoms with E-state index in [1.807, 2.05) is 27.2 Å². The lowest BCUT2D eigenvalue weighted by Gasteiger charge is -2.25. The molecule has 436 valence electrons. The Balaban J connectivity index is 4.12. The first-order chi connectivity index (χ1) is 36.5. The van der Waals surface area contributed by atoms with Crippen molar-refractivity contribution in [2.24, 2.45) is 0 Å². The molecule has 0 rings (SSSR count). The Morgan fingerprint density at radius 2 is 0.800 bits per heavy atom. The van der Waals surface area contributed by atoms with Crippen LogP contribution in [0.25, 0.3) is 0 Å². The molecule has 0 saturated heterocycles. The highest BCUT2D eigenvalue weighted by molar-refractivity contribution is 7.47. The van der Waals surface area contributed by atoms with Crippen molar-refractivity contribution in [2.75, 3.05) is 40.9 Å². The van der Waals surface area contributed by atoms with E-state index in [-0.39, 0.29) is 19.1 Å². The smallest absolute Gasteiger partial charge is 0.387 e. The highest BCUT2D eigenvalue weighted by Crippen LogP contribution is 2.43. The maximum absolute atomic E-state index is 13.0. The average Bonchev–Trinajstić information content (AvgIpc) is 3.37. The molecule has 0 heterocycles. The topological polar surface area (TPSA) is 105 Å². The second kappa shape index (κ2) is 56.4. The number of phosphoric acid groups is 1. The van der Waals surface area contributed by atoms with Crippen molar-refractivity contribution in [3.63, 3.8) is 0 Å². The van der Waals surface area contributed by atoms with Gasteiger partial charge in [-0.2, -0.15) is 0 Å². The number of likely N-dealkylation sites (N-methyl/N-ethyl adjacent to an activating group) is 1. The number of amides is 1. The second-order valence-electron chi connectivity index (χ2n) is 22.4. The minimum Gasteiger partial charge on any atom is -0.387 e. The molecule has 0 saturated carbocycles. The van der Waals surface area contributed by atoms with Gasteiger partial charge in [-0.15, -0.1) is 0 Å². The summed E-state index contributed by atoms with van der Waals surface area (Å²) in [6.45, 7) is 4.72. The van der Waals surface area contributed by atoms with E-state index < -0.39 is 20.0 Å². The number of aliphatic hydroxyl groups excluding tert-OH is 1. The van der Waals surface area contributed by atoms with E-state index >= 15 is 0 Å². The largest absolute Gasteiger partial charge is 0.472 e. The molecule has 3 unspecified atom stereocenters. The summed E-state index contributed by atoms with van der Waals surface area (Å²) in [6.07, 6.45) is 79.8. The molecule has 0 aromatic heterocycles. The molecule has 8 nitrogen and oxygen atoms in total. The van der Waals surface area contributed by atoms with Gasteiger partial charge in [0.05, 0.1) is 39.9 Å². The maximum atomic E-state index is 13.0. The van der Waals surface area contributed by atoms with E-state index in [1.165, 1.54) is 180 Å². The zero-order valence-electron chi connectivity index (χ0n) is 49.8. The fourth-order valence-corrected chi connectivity index (χ4v) is 9.72. The molecule has 0 aliphatic carbocycles. The van der Waals surface area contributed by atoms with E-state index in [1.54, 1.807) is 6.08 Å². The monoisotopic (exact) mass is 1070 g/mol. The summed E-state index contributed by atoms with van der Waals surface area (Å²) in [5.41, 5.74) is 0. The number of nitrogens with one attached hydrogen (secondary N) is 1. The number of nitrogens with zero attached hydrogens (tertiary/aromatic N) is 1. The molecule has 0 radical (unpaired) electrons. The van der Waals surface area contributed by atoms with Crippen molar-refractivity contribution >= 4 is 13.7 Å². The van der Waals surface area contributed by atoms with Gasteiger partial charge in [0.2, 0.25) is 5.91 Å². The van der Waals surface area contributed by atoms with Gasteiger partial charge in [-0.25, -0.2) is 4.57 Å². The van der Waals surface area contributed by atoms with Crippen LogP contribution in [-0.2, 0) is 18.4 Å². The zero-order valence-corrected chi connectivity index (χ0v) is 50.7. The van der Waals surface area contributed by atoms with Crippen LogP contribution in [0.15, 0.2) is 85.1 Å². The molecule has 0 spiro atoms. The highest BCUT2D eigenvalue weighted by Gasteiger charge is 2.27. The third kappa shape index (κ3) is 59.2. The number of unbranched alkanes of at least 4 members (excludes halogenated alkanes) is 32. The lowest BCUT2D eigenvalue weighted by molar-refractivity contribution is -0.870. The van der Waals surface area contributed by atoms with Crippen molar-refractivity contribution in [1.29, 1.82) is 0 Å². The number of quaternary nitrogens is 1. The lowest BCUT2D eigenvalue weighted by atomic mass is 10.0. The Labute approximate surface area is 465 Å². The average molecular weight is 1070 g/mol. The van der Waals surface area contributed by atoms with E-state index in [9.17, 15) is 19.4 Å². The number of rotatable bonds is 57. The first kappa shape index (κ1) is 72.7. The minimum absolute atomic E-state index is 0.0594. The fraction of sp³-hybridized carbons (Fsp3) is 0.773. The standard InChI is InChI=1S/C66H121N2O6P/c1-6-8-10-12-14-16-18-20-22-24-26-28-29-30-31-32-33-34-35-36-37-38-39-40-42-44-46-48-50-52-54-56-58-60-66(70)67-64(63-74-75(71,72)73-62-61-68(3,4)5)65(69)59-57-55-53-51-49-47-45-43-41-27-25-23-21-19-17-15-13-11-9-7-2/h8,10,14,16,20,22,26,28,30-31,33-34,57,59,64-65,69H,6-7,9,11-13,15,17-19,21,23-25,27,29,32,35-56,58,60-63H2,1-5H3,(H-,67,70,71,72)/p+1/b10-8-,16-14-,22-20-,28-26-,31-30-,34-33-,59-57+. The summed E-state index contributed by atoms with van der Waals surface area (Å²) in [7, 11) is 1.57. The molecule has 3 atom stereocenters. The van der Waals surface area contributed by atoms with Crippen LogP contribution in [0.4, 0.5) is 0 Å². The van der Waals surface area contributed by atoms with Crippen LogP contribution in [0.3, 0.4) is 0 Å². The van der Waals surface area contributed by atoms with Gasteiger partial charge in [0, 0.05) is 6.42 Å². The van der Waals surface area contributed by atoms with Crippen LogP contribution in [0.5, 0.6) is 0 Å². The molecule has 0 aliphatic heterocycles. The third-order valence-corrected chi connectivity index (χ3v) is 14.9. The van der Waals surface area contributed by atoms with Crippen LogP contribution in [0, 0.1) is 0 Å². The molecule has 0 aromatic carbocycles. The predicted octanol–water partition coefficient (Wildman–Crippen LogP) is 19.6. The summed E-state index contributed by atoms with van der Waals surface area (Å²) in [5.74, 6) is -0.178. The van der Waals surface area contributed by atoms with Gasteiger partial charge in [-0.05, 0) is 70.6 Å². The van der Waals surface area contributed by atoms with Crippen molar-refractivity contribution in [3.05, 3.63) is 85.1 Å². The van der Waals surface area contributed by atoms with Gasteiger partial charge in [-0.1, -0.05) is 285 Å². The Kier molecular flexibility index (Phi) is 54.7. The molecule has 9 heteroatoms. The van der Waals surface area contributed by atoms with Crippen LogP contribution in [-0.4, -0.2) is 73.4 Å². The van der Waals surface area contributed by atoms with E-state index in [2.05, 4.69) is 92.1 Å². The first-order valence-corrected chi connectivity index (χ1v) is 33.0. The number of allylic oxidation sites excluding steroid dienone is 13. The number of carbonyl (C=O) groups excluding carboxylic acids is 1. The molecular formula is C66H122N2O6P+. The Morgan fingerprint density at radius 3 is 1.17 bits per heavy atom. The highest BCUT2D eigenvalue weighted by atomic mass is 31.2. The van der Waals surface area contributed by atoms with Crippen LogP contribution >= 0.6 is 7.82 Å². The normalized spacial score (nSPS) is 14.4. The maximum Gasteiger partial charge on any atom is 0.472 e. The van der Waals surface area contributed by atoms with Gasteiger partial charge >= 0.3 is 7.82 Å². The molecule has 3 N–H and O–H groups in total. The van der Waals surface area contributed by atoms with Gasteiger partial charge in [0.15, 0.2) is 0 Å². The van der Waals surface area contributed by atoms with E-state index in [0.717, 1.165) is 77.0 Å². The Bertz CT molecular complexity index is 1500. The second-order valence-corrected chi connectivity index (χ2v) is 23.9. The summed E-state index contributed by atoms with van der Waals surface area (Å²) in [4.78, 5) is 23.4. The van der Waals surface area contributed by atoms with E-state index in [4.69, 9.17) is 9.05 Å². The van der Waals surface area contributed by atoms with Crippen molar-refractivity contribution in [2.45, 2.75) is 289 Å².